The summed E-state index contributed by atoms with van der Waals surface area (Å²) in [6, 6.07) is 10.9. The second kappa shape index (κ2) is 12.7. The number of phosphoric ester groups is 1. The molecule has 0 fully saturated rings. The molecule has 1 N–H and O–H groups in total. The molecule has 2 aromatic carbocycles. The van der Waals surface area contributed by atoms with Crippen molar-refractivity contribution in [3.63, 3.8) is 0 Å². The van der Waals surface area contributed by atoms with Gasteiger partial charge in [0.05, 0.1) is 27.9 Å². The molecule has 0 amide bonds. The highest BCUT2D eigenvalue weighted by Crippen LogP contribution is 2.44. The van der Waals surface area contributed by atoms with Crippen molar-refractivity contribution < 1.29 is 32.7 Å². The van der Waals surface area contributed by atoms with Crippen LogP contribution in [0, 0.1) is 5.92 Å². The Morgan fingerprint density at radius 2 is 1.47 bits per heavy atom. The van der Waals surface area contributed by atoms with E-state index in [2.05, 4.69) is 0 Å². The van der Waals surface area contributed by atoms with Crippen molar-refractivity contribution in [2.75, 3.05) is 27.9 Å². The van der Waals surface area contributed by atoms with Crippen LogP contribution in [0.3, 0.4) is 0 Å². The van der Waals surface area contributed by atoms with Crippen LogP contribution in [0.15, 0.2) is 36.4 Å². The SMILES string of the molecule is CCC(CC)COP(=O)(O)Oc1ccc(CCCc2c(OC)cc(OC)cc2OC)cc1. The van der Waals surface area contributed by atoms with Gasteiger partial charge in [0.15, 0.2) is 0 Å². The molecule has 0 bridgehead atoms. The maximum atomic E-state index is 12.2. The molecule has 8 heteroatoms. The first-order chi connectivity index (χ1) is 15.3. The van der Waals surface area contributed by atoms with Crippen LogP contribution in [0.25, 0.3) is 0 Å². The summed E-state index contributed by atoms with van der Waals surface area (Å²) in [5, 5.41) is 0. The molecular weight excluding hydrogens is 431 g/mol. The van der Waals surface area contributed by atoms with Gasteiger partial charge < -0.3 is 18.7 Å². The van der Waals surface area contributed by atoms with Gasteiger partial charge in [0.2, 0.25) is 0 Å². The van der Waals surface area contributed by atoms with Gasteiger partial charge in [0.25, 0.3) is 0 Å². The number of phosphoric acid groups is 1. The zero-order valence-corrected chi connectivity index (χ0v) is 20.5. The van der Waals surface area contributed by atoms with E-state index >= 15 is 0 Å². The zero-order valence-electron chi connectivity index (χ0n) is 19.6. The predicted octanol–water partition coefficient (Wildman–Crippen LogP) is 5.82. The topological polar surface area (TPSA) is 83.5 Å². The average molecular weight is 467 g/mol. The number of ether oxygens (including phenoxy) is 3. The summed E-state index contributed by atoms with van der Waals surface area (Å²) < 4.78 is 38.8. The monoisotopic (exact) mass is 466 g/mol. The number of hydrogen-bond acceptors (Lipinski definition) is 6. The van der Waals surface area contributed by atoms with Crippen LogP contribution in [0.2, 0.25) is 0 Å². The molecule has 0 aromatic heterocycles. The third-order valence-electron chi connectivity index (χ3n) is 5.48. The average Bonchev–Trinajstić information content (AvgIpc) is 2.80. The highest BCUT2D eigenvalue weighted by atomic mass is 31.2. The van der Waals surface area contributed by atoms with Gasteiger partial charge in [0, 0.05) is 17.7 Å². The maximum Gasteiger partial charge on any atom is 0.527 e. The maximum absolute atomic E-state index is 12.2. The summed E-state index contributed by atoms with van der Waals surface area (Å²) in [7, 11) is 0.732. The summed E-state index contributed by atoms with van der Waals surface area (Å²) in [4.78, 5) is 9.96. The Bertz CT molecular complexity index is 853. The number of aryl methyl sites for hydroxylation is 1. The number of hydrogen-bond donors (Lipinski definition) is 1. The van der Waals surface area contributed by atoms with E-state index in [1.54, 1.807) is 33.5 Å². The third-order valence-corrected chi connectivity index (χ3v) is 6.40. The molecule has 0 saturated heterocycles. The van der Waals surface area contributed by atoms with Crippen molar-refractivity contribution in [1.82, 2.24) is 0 Å². The summed E-state index contributed by atoms with van der Waals surface area (Å²) in [6.45, 7) is 4.26. The lowest BCUT2D eigenvalue weighted by molar-refractivity contribution is 0.169. The van der Waals surface area contributed by atoms with Crippen molar-refractivity contribution in [3.8, 4) is 23.0 Å². The van der Waals surface area contributed by atoms with E-state index in [9.17, 15) is 9.46 Å². The van der Waals surface area contributed by atoms with Crippen molar-refractivity contribution in [2.45, 2.75) is 46.0 Å². The van der Waals surface area contributed by atoms with E-state index in [0.717, 1.165) is 54.7 Å². The molecule has 0 aliphatic carbocycles. The van der Waals surface area contributed by atoms with Gasteiger partial charge in [-0.25, -0.2) is 4.57 Å². The van der Waals surface area contributed by atoms with Gasteiger partial charge in [-0.15, -0.1) is 0 Å². The highest BCUT2D eigenvalue weighted by molar-refractivity contribution is 7.47. The molecule has 2 rings (SSSR count). The van der Waals surface area contributed by atoms with E-state index in [0.29, 0.717) is 11.5 Å². The zero-order chi connectivity index (χ0) is 23.6. The van der Waals surface area contributed by atoms with Crippen molar-refractivity contribution >= 4 is 7.82 Å². The number of benzene rings is 2. The Labute approximate surface area is 191 Å². The Morgan fingerprint density at radius 3 is 1.97 bits per heavy atom. The first-order valence-corrected chi connectivity index (χ1v) is 12.4. The Balaban J connectivity index is 1.93. The van der Waals surface area contributed by atoms with Crippen molar-refractivity contribution in [2.24, 2.45) is 5.92 Å². The van der Waals surface area contributed by atoms with Crippen LogP contribution in [0.5, 0.6) is 23.0 Å². The second-order valence-electron chi connectivity index (χ2n) is 7.55. The molecule has 32 heavy (non-hydrogen) atoms. The first-order valence-electron chi connectivity index (χ1n) is 10.9. The molecule has 1 atom stereocenters. The van der Waals surface area contributed by atoms with Crippen LogP contribution in [-0.4, -0.2) is 32.8 Å². The number of methoxy groups -OCH3 is 3. The minimum Gasteiger partial charge on any atom is -0.496 e. The van der Waals surface area contributed by atoms with E-state index in [1.165, 1.54) is 0 Å². The molecule has 0 spiro atoms. The minimum absolute atomic E-state index is 0.206. The quantitative estimate of drug-likeness (QED) is 0.351. The molecule has 0 saturated carbocycles. The smallest absolute Gasteiger partial charge is 0.496 e. The highest BCUT2D eigenvalue weighted by Gasteiger charge is 2.24. The van der Waals surface area contributed by atoms with E-state index < -0.39 is 7.82 Å². The largest absolute Gasteiger partial charge is 0.527 e. The Kier molecular flexibility index (Phi) is 10.4. The molecule has 0 radical (unpaired) electrons. The molecule has 0 aliphatic heterocycles. The fourth-order valence-corrected chi connectivity index (χ4v) is 4.23. The fraction of sp³-hybridized carbons (Fsp3) is 0.500. The first kappa shape index (κ1) is 26.0. The van der Waals surface area contributed by atoms with Crippen LogP contribution < -0.4 is 18.7 Å². The van der Waals surface area contributed by atoms with E-state index in [1.807, 2.05) is 38.1 Å². The number of rotatable bonds is 14. The minimum atomic E-state index is -4.13. The Morgan fingerprint density at radius 1 is 0.875 bits per heavy atom. The molecule has 2 aromatic rings. The Hall–Kier alpha value is -2.21. The van der Waals surface area contributed by atoms with E-state index in [4.69, 9.17) is 23.3 Å². The van der Waals surface area contributed by atoms with Crippen LogP contribution in [0.4, 0.5) is 0 Å². The fourth-order valence-electron chi connectivity index (χ4n) is 3.39. The predicted molar refractivity (Wildman–Crippen MR) is 125 cm³/mol. The lowest BCUT2D eigenvalue weighted by Gasteiger charge is -2.17. The van der Waals surface area contributed by atoms with Crippen molar-refractivity contribution in [3.05, 3.63) is 47.5 Å². The lowest BCUT2D eigenvalue weighted by atomic mass is 10.0. The molecule has 0 heterocycles. The summed E-state index contributed by atoms with van der Waals surface area (Å²) >= 11 is 0. The third kappa shape index (κ3) is 7.73. The summed E-state index contributed by atoms with van der Waals surface area (Å²) in [5.74, 6) is 2.70. The van der Waals surface area contributed by atoms with Crippen LogP contribution in [-0.2, 0) is 21.9 Å². The summed E-state index contributed by atoms with van der Waals surface area (Å²) in [6.07, 6.45) is 4.24. The van der Waals surface area contributed by atoms with E-state index in [-0.39, 0.29) is 12.5 Å². The van der Waals surface area contributed by atoms with Crippen LogP contribution in [0.1, 0.15) is 44.2 Å². The normalized spacial score (nSPS) is 13.0. The van der Waals surface area contributed by atoms with Gasteiger partial charge in [-0.2, -0.15) is 0 Å². The second-order valence-corrected chi connectivity index (χ2v) is 8.92. The molecular formula is C24H35O7P. The molecule has 178 valence electrons. The standard InChI is InChI=1S/C24H35O7P/c1-6-18(7-2)17-30-32(25,26)31-20-13-11-19(12-14-20)9-8-10-22-23(28-4)15-21(27-3)16-24(22)29-5/h11-16,18H,6-10,17H2,1-5H3,(H,25,26). The summed E-state index contributed by atoms with van der Waals surface area (Å²) in [5.41, 5.74) is 2.08. The van der Waals surface area contributed by atoms with Crippen LogP contribution >= 0.6 is 7.82 Å². The van der Waals surface area contributed by atoms with Gasteiger partial charge >= 0.3 is 7.82 Å². The van der Waals surface area contributed by atoms with Crippen molar-refractivity contribution in [1.29, 1.82) is 0 Å². The lowest BCUT2D eigenvalue weighted by Crippen LogP contribution is -2.08. The molecule has 0 aliphatic rings. The van der Waals surface area contributed by atoms with Gasteiger partial charge in [0.1, 0.15) is 23.0 Å². The van der Waals surface area contributed by atoms with Gasteiger partial charge in [-0.1, -0.05) is 38.8 Å². The molecule has 1 unspecified atom stereocenters. The van der Waals surface area contributed by atoms with Gasteiger partial charge in [-0.3, -0.25) is 9.42 Å². The molecule has 7 nitrogen and oxygen atoms in total. The van der Waals surface area contributed by atoms with Gasteiger partial charge in [-0.05, 0) is 42.9 Å².